The molecule has 0 N–H and O–H groups in total. The van der Waals surface area contributed by atoms with Crippen LogP contribution in [0.15, 0.2) is 12.2 Å². The van der Waals surface area contributed by atoms with E-state index in [1.165, 1.54) is 6.42 Å². The maximum Gasteiger partial charge on any atom is 0.126 e. The maximum atomic E-state index is 10.7. The quantitative estimate of drug-likeness (QED) is 0.396. The van der Waals surface area contributed by atoms with Crippen molar-refractivity contribution in [3.8, 4) is 0 Å². The summed E-state index contributed by atoms with van der Waals surface area (Å²) in [5.41, 5.74) is -0.0145. The topological polar surface area (TPSA) is 17.1 Å². The predicted octanol–water partition coefficient (Wildman–Crippen LogP) is 1.79. The van der Waals surface area contributed by atoms with Gasteiger partial charge in [-0.25, -0.2) is 0 Å². The first-order valence-corrected chi connectivity index (χ1v) is 3.89. The number of carbonyl (C=O) groups excluding carboxylic acids is 1. The van der Waals surface area contributed by atoms with Crippen LogP contribution in [0.25, 0.3) is 0 Å². The minimum atomic E-state index is -0.0145. The van der Waals surface area contributed by atoms with Crippen LogP contribution in [0.1, 0.15) is 19.8 Å². The Labute approximate surface area is 61.1 Å². The van der Waals surface area contributed by atoms with Gasteiger partial charge in [-0.05, 0) is 24.7 Å². The number of aldehydes is 1. The van der Waals surface area contributed by atoms with E-state index in [0.717, 1.165) is 12.7 Å². The highest BCUT2D eigenvalue weighted by Gasteiger charge is 2.44. The summed E-state index contributed by atoms with van der Waals surface area (Å²) in [6, 6.07) is 0. The van der Waals surface area contributed by atoms with Crippen LogP contribution in [0.3, 0.4) is 0 Å². The largest absolute Gasteiger partial charge is 0.303 e. The molecule has 2 aliphatic rings. The van der Waals surface area contributed by atoms with Crippen LogP contribution in [-0.2, 0) is 4.79 Å². The van der Waals surface area contributed by atoms with Crippen molar-refractivity contribution < 1.29 is 4.79 Å². The molecule has 54 valence electrons. The van der Waals surface area contributed by atoms with Crippen LogP contribution < -0.4 is 0 Å². The molecule has 3 atom stereocenters. The van der Waals surface area contributed by atoms with E-state index < -0.39 is 0 Å². The van der Waals surface area contributed by atoms with Crippen molar-refractivity contribution in [3.05, 3.63) is 12.2 Å². The van der Waals surface area contributed by atoms with E-state index in [4.69, 9.17) is 0 Å². The Bertz CT molecular complexity index is 195. The third kappa shape index (κ3) is 0.606. The molecule has 0 aromatic rings. The summed E-state index contributed by atoms with van der Waals surface area (Å²) in [5, 5.41) is 0. The van der Waals surface area contributed by atoms with Crippen LogP contribution >= 0.6 is 0 Å². The van der Waals surface area contributed by atoms with Gasteiger partial charge in [-0.2, -0.15) is 0 Å². The van der Waals surface area contributed by atoms with Crippen LogP contribution in [0.5, 0.6) is 0 Å². The molecule has 0 unspecified atom stereocenters. The lowest BCUT2D eigenvalue weighted by molar-refractivity contribution is -0.116. The Hall–Kier alpha value is -0.590. The average molecular weight is 136 g/mol. The SMILES string of the molecule is C[C@]1(C=O)C[C@H]2C=C[C@@H]1C2. The molecule has 2 bridgehead atoms. The smallest absolute Gasteiger partial charge is 0.126 e. The van der Waals surface area contributed by atoms with Gasteiger partial charge in [0, 0.05) is 5.41 Å². The van der Waals surface area contributed by atoms with Crippen LogP contribution in [0.2, 0.25) is 0 Å². The van der Waals surface area contributed by atoms with E-state index in [0.29, 0.717) is 11.8 Å². The minimum absolute atomic E-state index is 0.0145. The summed E-state index contributed by atoms with van der Waals surface area (Å²) in [6.07, 6.45) is 7.91. The standard InChI is InChI=1S/C9H12O/c1-9(6-10)5-7-2-3-8(9)4-7/h2-3,6-8H,4-5H2,1H3/t7-,8+,9+/m0/s1. The summed E-state index contributed by atoms with van der Waals surface area (Å²) in [4.78, 5) is 10.7. The third-order valence-corrected chi connectivity index (χ3v) is 2.99. The Kier molecular flexibility index (Phi) is 1.05. The van der Waals surface area contributed by atoms with Crippen molar-refractivity contribution in [2.45, 2.75) is 19.8 Å². The van der Waals surface area contributed by atoms with Gasteiger partial charge in [0.05, 0.1) is 0 Å². The van der Waals surface area contributed by atoms with E-state index in [1.54, 1.807) is 0 Å². The Balaban J connectivity index is 2.30. The Morgan fingerprint density at radius 2 is 2.40 bits per heavy atom. The molecule has 2 rings (SSSR count). The fraction of sp³-hybridized carbons (Fsp3) is 0.667. The van der Waals surface area contributed by atoms with E-state index in [-0.39, 0.29) is 5.41 Å². The molecule has 0 heterocycles. The van der Waals surface area contributed by atoms with Crippen molar-refractivity contribution in [2.24, 2.45) is 17.3 Å². The molecule has 0 amide bonds. The molecule has 0 spiro atoms. The Morgan fingerprint density at radius 3 is 2.70 bits per heavy atom. The highest BCUT2D eigenvalue weighted by Crippen LogP contribution is 2.50. The molecule has 1 heteroatoms. The second-order valence-electron chi connectivity index (χ2n) is 3.81. The van der Waals surface area contributed by atoms with Crippen molar-refractivity contribution in [1.29, 1.82) is 0 Å². The van der Waals surface area contributed by atoms with Crippen LogP contribution in [0.4, 0.5) is 0 Å². The number of allylic oxidation sites excluding steroid dienone is 2. The summed E-state index contributed by atoms with van der Waals surface area (Å²) >= 11 is 0. The number of hydrogen-bond donors (Lipinski definition) is 0. The van der Waals surface area contributed by atoms with E-state index in [2.05, 4.69) is 19.1 Å². The number of carbonyl (C=O) groups is 1. The summed E-state index contributed by atoms with van der Waals surface area (Å²) in [7, 11) is 0. The van der Waals surface area contributed by atoms with Gasteiger partial charge >= 0.3 is 0 Å². The molecule has 0 aliphatic heterocycles. The minimum Gasteiger partial charge on any atom is -0.303 e. The van der Waals surface area contributed by atoms with Gasteiger partial charge in [-0.1, -0.05) is 19.1 Å². The van der Waals surface area contributed by atoms with E-state index in [1.807, 2.05) is 0 Å². The van der Waals surface area contributed by atoms with Crippen molar-refractivity contribution in [1.82, 2.24) is 0 Å². The monoisotopic (exact) mass is 136 g/mol. The molecule has 2 aliphatic carbocycles. The first-order chi connectivity index (χ1) is 4.74. The molecule has 10 heavy (non-hydrogen) atoms. The van der Waals surface area contributed by atoms with Gasteiger partial charge in [-0.3, -0.25) is 0 Å². The van der Waals surface area contributed by atoms with E-state index >= 15 is 0 Å². The highest BCUT2D eigenvalue weighted by molar-refractivity contribution is 5.61. The number of rotatable bonds is 1. The lowest BCUT2D eigenvalue weighted by Crippen LogP contribution is -2.22. The van der Waals surface area contributed by atoms with Crippen molar-refractivity contribution in [3.63, 3.8) is 0 Å². The molecular formula is C9H12O. The first kappa shape index (κ1) is 6.14. The van der Waals surface area contributed by atoms with Crippen molar-refractivity contribution >= 4 is 6.29 Å². The van der Waals surface area contributed by atoms with Gasteiger partial charge in [0.15, 0.2) is 0 Å². The molecular weight excluding hydrogens is 124 g/mol. The fourth-order valence-corrected chi connectivity index (χ4v) is 2.27. The zero-order valence-electron chi connectivity index (χ0n) is 6.21. The molecule has 1 fully saturated rings. The number of fused-ring (bicyclic) bond motifs is 2. The predicted molar refractivity (Wildman–Crippen MR) is 39.5 cm³/mol. The van der Waals surface area contributed by atoms with Crippen LogP contribution in [0, 0.1) is 17.3 Å². The highest BCUT2D eigenvalue weighted by atomic mass is 16.1. The summed E-state index contributed by atoms with van der Waals surface area (Å²) in [5.74, 6) is 1.26. The molecule has 1 nitrogen and oxygen atoms in total. The molecule has 0 aromatic heterocycles. The molecule has 0 saturated heterocycles. The third-order valence-electron chi connectivity index (χ3n) is 2.99. The van der Waals surface area contributed by atoms with Gasteiger partial charge in [-0.15, -0.1) is 0 Å². The van der Waals surface area contributed by atoms with Crippen molar-refractivity contribution in [2.75, 3.05) is 0 Å². The molecule has 0 aromatic carbocycles. The van der Waals surface area contributed by atoms with E-state index in [9.17, 15) is 4.79 Å². The molecule has 0 radical (unpaired) electrons. The Morgan fingerprint density at radius 1 is 1.60 bits per heavy atom. The normalized spacial score (nSPS) is 50.1. The zero-order chi connectivity index (χ0) is 7.19. The second-order valence-corrected chi connectivity index (χ2v) is 3.81. The summed E-state index contributed by atoms with van der Waals surface area (Å²) in [6.45, 7) is 2.08. The lowest BCUT2D eigenvalue weighted by atomic mass is 9.79. The summed E-state index contributed by atoms with van der Waals surface area (Å²) < 4.78 is 0. The van der Waals surface area contributed by atoms with Gasteiger partial charge in [0.25, 0.3) is 0 Å². The average Bonchev–Trinajstić information content (AvgIpc) is 2.46. The number of hydrogen-bond acceptors (Lipinski definition) is 1. The van der Waals surface area contributed by atoms with Gasteiger partial charge in [0.1, 0.15) is 6.29 Å². The lowest BCUT2D eigenvalue weighted by Gasteiger charge is -2.23. The molecule has 1 saturated carbocycles. The zero-order valence-corrected chi connectivity index (χ0v) is 6.21. The van der Waals surface area contributed by atoms with Crippen LogP contribution in [-0.4, -0.2) is 6.29 Å². The maximum absolute atomic E-state index is 10.7. The first-order valence-electron chi connectivity index (χ1n) is 3.89. The second kappa shape index (κ2) is 1.71. The van der Waals surface area contributed by atoms with Gasteiger partial charge in [0.2, 0.25) is 0 Å². The fourth-order valence-electron chi connectivity index (χ4n) is 2.27. The van der Waals surface area contributed by atoms with Gasteiger partial charge < -0.3 is 4.79 Å².